The van der Waals surface area contributed by atoms with Gasteiger partial charge in [-0.05, 0) is 34.0 Å². The van der Waals surface area contributed by atoms with Gasteiger partial charge in [0.25, 0.3) is 0 Å². The third kappa shape index (κ3) is 4.84. The molecular weight excluding hydrogens is 430 g/mol. The van der Waals surface area contributed by atoms with E-state index >= 15 is 0 Å². The SMILES string of the molecule is O=C1CCC(c2ccc3nc(CCNC(O)C(O)Cc4cccc5ccccc45)[nH]c3c2)=NN1. The number of H-pyrrole nitrogens is 1. The van der Waals surface area contributed by atoms with Gasteiger partial charge in [-0.25, -0.2) is 10.4 Å². The highest BCUT2D eigenvalue weighted by atomic mass is 16.3. The molecule has 2 unspecified atom stereocenters. The highest BCUT2D eigenvalue weighted by Crippen LogP contribution is 2.20. The van der Waals surface area contributed by atoms with Crippen molar-refractivity contribution in [2.24, 2.45) is 5.10 Å². The molecule has 0 bridgehead atoms. The lowest BCUT2D eigenvalue weighted by Crippen LogP contribution is -2.41. The van der Waals surface area contributed by atoms with Crippen LogP contribution in [0.3, 0.4) is 0 Å². The number of aromatic amines is 1. The Bertz CT molecular complexity index is 1360. The van der Waals surface area contributed by atoms with Gasteiger partial charge in [-0.3, -0.25) is 10.1 Å². The van der Waals surface area contributed by atoms with Gasteiger partial charge in [0.2, 0.25) is 5.91 Å². The highest BCUT2D eigenvalue weighted by molar-refractivity contribution is 6.05. The summed E-state index contributed by atoms with van der Waals surface area (Å²) < 4.78 is 0. The number of carbonyl (C=O) groups is 1. The van der Waals surface area contributed by atoms with E-state index in [2.05, 4.69) is 25.8 Å². The zero-order valence-corrected chi connectivity index (χ0v) is 18.7. The monoisotopic (exact) mass is 457 g/mol. The second kappa shape index (κ2) is 9.72. The average Bonchev–Trinajstić information content (AvgIpc) is 3.26. The van der Waals surface area contributed by atoms with Gasteiger partial charge in [0.15, 0.2) is 0 Å². The summed E-state index contributed by atoms with van der Waals surface area (Å²) in [5.74, 6) is 0.722. The van der Waals surface area contributed by atoms with Crippen molar-refractivity contribution in [2.45, 2.75) is 38.0 Å². The Balaban J connectivity index is 1.18. The van der Waals surface area contributed by atoms with Gasteiger partial charge < -0.3 is 15.2 Å². The van der Waals surface area contributed by atoms with Gasteiger partial charge >= 0.3 is 0 Å². The van der Waals surface area contributed by atoms with Crippen LogP contribution in [-0.4, -0.2) is 50.7 Å². The van der Waals surface area contributed by atoms with E-state index in [0.29, 0.717) is 32.2 Å². The summed E-state index contributed by atoms with van der Waals surface area (Å²) >= 11 is 0. The van der Waals surface area contributed by atoms with Gasteiger partial charge in [0.1, 0.15) is 12.1 Å². The maximum Gasteiger partial charge on any atom is 0.240 e. The number of nitrogens with zero attached hydrogens (tertiary/aromatic N) is 2. The number of carbonyl (C=O) groups excluding carboxylic acids is 1. The van der Waals surface area contributed by atoms with Gasteiger partial charge in [0.05, 0.1) is 22.8 Å². The van der Waals surface area contributed by atoms with E-state index in [1.165, 1.54) is 0 Å². The Morgan fingerprint density at radius 3 is 2.74 bits per heavy atom. The molecule has 1 aliphatic heterocycles. The fraction of sp³-hybridized carbons (Fsp3) is 0.269. The molecule has 0 fully saturated rings. The minimum absolute atomic E-state index is 0.0643. The number of fused-ring (bicyclic) bond motifs is 2. The van der Waals surface area contributed by atoms with E-state index in [1.807, 2.05) is 60.7 Å². The molecule has 2 heterocycles. The lowest BCUT2D eigenvalue weighted by atomic mass is 9.99. The number of aliphatic hydroxyl groups is 2. The van der Waals surface area contributed by atoms with Gasteiger partial charge in [-0.2, -0.15) is 5.10 Å². The number of aromatic nitrogens is 2. The van der Waals surface area contributed by atoms with Crippen LogP contribution in [0.1, 0.15) is 29.8 Å². The molecule has 8 heteroatoms. The smallest absolute Gasteiger partial charge is 0.240 e. The molecule has 1 amide bonds. The van der Waals surface area contributed by atoms with Crippen molar-refractivity contribution >= 4 is 33.4 Å². The Morgan fingerprint density at radius 1 is 1.03 bits per heavy atom. The number of aliphatic hydroxyl groups excluding tert-OH is 2. The van der Waals surface area contributed by atoms with Crippen LogP contribution in [0.4, 0.5) is 0 Å². The quantitative estimate of drug-likeness (QED) is 0.260. The molecule has 2 atom stereocenters. The fourth-order valence-corrected chi connectivity index (χ4v) is 4.32. The number of benzene rings is 3. The molecule has 1 aliphatic rings. The van der Waals surface area contributed by atoms with E-state index in [-0.39, 0.29) is 5.91 Å². The van der Waals surface area contributed by atoms with Crippen LogP contribution < -0.4 is 10.7 Å². The summed E-state index contributed by atoms with van der Waals surface area (Å²) in [4.78, 5) is 19.2. The molecule has 3 aromatic carbocycles. The maximum atomic E-state index is 11.3. The van der Waals surface area contributed by atoms with Crippen molar-refractivity contribution in [2.75, 3.05) is 6.54 Å². The van der Waals surface area contributed by atoms with Crippen LogP contribution in [0.25, 0.3) is 21.8 Å². The van der Waals surface area contributed by atoms with Crippen LogP contribution in [-0.2, 0) is 17.6 Å². The minimum atomic E-state index is -1.05. The number of amides is 1. The molecule has 4 aromatic rings. The first-order chi connectivity index (χ1) is 16.6. The molecule has 0 saturated carbocycles. The Labute approximate surface area is 196 Å². The van der Waals surface area contributed by atoms with Crippen molar-refractivity contribution in [1.82, 2.24) is 20.7 Å². The number of hydrogen-bond acceptors (Lipinski definition) is 6. The van der Waals surface area contributed by atoms with E-state index in [9.17, 15) is 15.0 Å². The van der Waals surface area contributed by atoms with E-state index < -0.39 is 12.3 Å². The van der Waals surface area contributed by atoms with Gasteiger partial charge in [-0.15, -0.1) is 0 Å². The minimum Gasteiger partial charge on any atom is -0.389 e. The Hall–Kier alpha value is -3.59. The summed E-state index contributed by atoms with van der Waals surface area (Å²) in [6.07, 6.45) is -0.00535. The molecule has 8 nitrogen and oxygen atoms in total. The van der Waals surface area contributed by atoms with Crippen LogP contribution in [0, 0.1) is 0 Å². The van der Waals surface area contributed by atoms with Crippen LogP contribution in [0.5, 0.6) is 0 Å². The number of hydrogen-bond donors (Lipinski definition) is 5. The van der Waals surface area contributed by atoms with Crippen molar-refractivity contribution in [3.8, 4) is 0 Å². The summed E-state index contributed by atoms with van der Waals surface area (Å²) in [6, 6.07) is 19.9. The lowest BCUT2D eigenvalue weighted by molar-refractivity contribution is -0.121. The van der Waals surface area contributed by atoms with E-state index in [4.69, 9.17) is 0 Å². The number of nitrogens with one attached hydrogen (secondary N) is 3. The first kappa shape index (κ1) is 22.2. The first-order valence-corrected chi connectivity index (χ1v) is 11.5. The van der Waals surface area contributed by atoms with Crippen molar-refractivity contribution in [1.29, 1.82) is 0 Å². The first-order valence-electron chi connectivity index (χ1n) is 11.5. The van der Waals surface area contributed by atoms with Crippen molar-refractivity contribution in [3.63, 3.8) is 0 Å². The third-order valence-electron chi connectivity index (χ3n) is 6.16. The van der Waals surface area contributed by atoms with Crippen LogP contribution >= 0.6 is 0 Å². The number of rotatable bonds is 8. The standard InChI is InChI=1S/C26H27N5O3/c32-23(15-17-6-3-5-16-4-1-2-7-19(16)17)26(34)27-13-12-24-28-21-9-8-18(14-22(21)29-24)20-10-11-25(33)31-30-20/h1-9,14,23,26-27,32,34H,10-13,15H2,(H,28,29)(H,31,33). The second-order valence-corrected chi connectivity index (χ2v) is 8.57. The van der Waals surface area contributed by atoms with Crippen molar-refractivity contribution in [3.05, 3.63) is 77.6 Å². The Kier molecular flexibility index (Phi) is 6.35. The topological polar surface area (TPSA) is 123 Å². The average molecular weight is 458 g/mol. The van der Waals surface area contributed by atoms with E-state index in [1.54, 1.807) is 0 Å². The third-order valence-corrected chi connectivity index (χ3v) is 6.16. The normalized spacial score (nSPS) is 15.8. The summed E-state index contributed by atoms with van der Waals surface area (Å²) in [5, 5.41) is 30.3. The molecule has 0 spiro atoms. The molecule has 34 heavy (non-hydrogen) atoms. The highest BCUT2D eigenvalue weighted by Gasteiger charge is 2.18. The number of hydrazone groups is 1. The predicted octanol–water partition coefficient (Wildman–Crippen LogP) is 2.38. The fourth-order valence-electron chi connectivity index (χ4n) is 4.32. The molecule has 174 valence electrons. The van der Waals surface area contributed by atoms with Crippen LogP contribution in [0.2, 0.25) is 0 Å². The van der Waals surface area contributed by atoms with Gasteiger partial charge in [-0.1, -0.05) is 48.5 Å². The van der Waals surface area contributed by atoms with Crippen LogP contribution in [0.15, 0.2) is 65.8 Å². The summed E-state index contributed by atoms with van der Waals surface area (Å²) in [6.45, 7) is 0.458. The molecule has 1 aromatic heterocycles. The molecule has 0 saturated heterocycles. The van der Waals surface area contributed by atoms with Gasteiger partial charge in [0, 0.05) is 32.2 Å². The Morgan fingerprint density at radius 2 is 1.88 bits per heavy atom. The molecule has 5 rings (SSSR count). The van der Waals surface area contributed by atoms with E-state index in [0.717, 1.165) is 44.5 Å². The summed E-state index contributed by atoms with van der Waals surface area (Å²) in [7, 11) is 0. The molecule has 5 N–H and O–H groups in total. The number of imidazole rings is 1. The lowest BCUT2D eigenvalue weighted by Gasteiger charge is -2.19. The molecule has 0 aliphatic carbocycles. The molecular formula is C26H27N5O3. The second-order valence-electron chi connectivity index (χ2n) is 8.57. The maximum absolute atomic E-state index is 11.3. The largest absolute Gasteiger partial charge is 0.389 e. The molecule has 0 radical (unpaired) electrons. The zero-order chi connectivity index (χ0) is 23.5. The summed E-state index contributed by atoms with van der Waals surface area (Å²) in [5.41, 5.74) is 7.06. The van der Waals surface area contributed by atoms with Crippen molar-refractivity contribution < 1.29 is 15.0 Å². The zero-order valence-electron chi connectivity index (χ0n) is 18.7. The predicted molar refractivity (Wildman–Crippen MR) is 131 cm³/mol.